The number of nitrogens with zero attached hydrogens (tertiary/aromatic N) is 7. The molecule has 1 atom stereocenters. The number of benzene rings is 1. The highest BCUT2D eigenvalue weighted by atomic mass is 16.1. The van der Waals surface area contributed by atoms with Crippen molar-refractivity contribution in [2.45, 2.75) is 12.5 Å². The van der Waals surface area contributed by atoms with Crippen molar-refractivity contribution in [3.05, 3.63) is 82.4 Å². The van der Waals surface area contributed by atoms with Crippen molar-refractivity contribution in [1.82, 2.24) is 29.1 Å². The molecule has 6 rings (SSSR count). The standard InChI is InChI=1S/C24H16N8O/c1-2-15-8-11-31-20(15)24(33)32(17-6-4-3-5-7-17)22(29-31)18-9-10-30(18)23-19-16(12-25)13-26-21(19)27-14-28-23/h1,3-8,11,13-14,18H,9-10H2,(H,26,27,28). The number of anilines is 1. The minimum absolute atomic E-state index is 0.224. The Bertz CT molecular complexity index is 1680. The summed E-state index contributed by atoms with van der Waals surface area (Å²) in [6, 6.07) is 13.1. The number of hydrogen-bond donors (Lipinski definition) is 1. The number of hydrogen-bond acceptors (Lipinski definition) is 6. The molecule has 1 aliphatic rings. The van der Waals surface area contributed by atoms with Gasteiger partial charge in [0.25, 0.3) is 5.56 Å². The number of para-hydroxylation sites is 1. The summed E-state index contributed by atoms with van der Waals surface area (Å²) in [5.41, 5.74) is 2.39. The molecule has 1 unspecified atom stereocenters. The molecule has 158 valence electrons. The monoisotopic (exact) mass is 432 g/mol. The first-order valence-electron chi connectivity index (χ1n) is 10.4. The van der Waals surface area contributed by atoms with Crippen LogP contribution in [-0.2, 0) is 0 Å². The van der Waals surface area contributed by atoms with E-state index in [-0.39, 0.29) is 11.6 Å². The molecule has 9 heteroatoms. The topological polar surface area (TPSA) is 108 Å². The van der Waals surface area contributed by atoms with Gasteiger partial charge in [0.1, 0.15) is 29.4 Å². The minimum Gasteiger partial charge on any atom is -0.345 e. The zero-order chi connectivity index (χ0) is 22.5. The van der Waals surface area contributed by atoms with Gasteiger partial charge in [0.15, 0.2) is 5.82 Å². The molecule has 1 fully saturated rings. The molecular formula is C24H16N8O. The molecule has 4 aromatic heterocycles. The number of rotatable bonds is 3. The average Bonchev–Trinajstić information content (AvgIpc) is 3.43. The largest absolute Gasteiger partial charge is 0.345 e. The molecule has 5 aromatic rings. The third kappa shape index (κ3) is 2.66. The second-order valence-corrected chi connectivity index (χ2v) is 7.73. The lowest BCUT2D eigenvalue weighted by Crippen LogP contribution is -2.45. The molecule has 9 nitrogen and oxygen atoms in total. The lowest BCUT2D eigenvalue weighted by molar-refractivity contribution is 0.424. The van der Waals surface area contributed by atoms with Crippen LogP contribution in [0.2, 0.25) is 0 Å². The first-order valence-corrected chi connectivity index (χ1v) is 10.4. The van der Waals surface area contributed by atoms with Crippen molar-refractivity contribution < 1.29 is 0 Å². The van der Waals surface area contributed by atoms with Gasteiger partial charge in [-0.2, -0.15) is 10.4 Å². The quantitative estimate of drug-likeness (QED) is 0.439. The van der Waals surface area contributed by atoms with E-state index in [1.165, 1.54) is 6.33 Å². The molecular weight excluding hydrogens is 416 g/mol. The van der Waals surface area contributed by atoms with E-state index in [0.717, 1.165) is 6.42 Å². The normalized spacial score (nSPS) is 15.3. The van der Waals surface area contributed by atoms with Gasteiger partial charge in [-0.15, -0.1) is 6.42 Å². The van der Waals surface area contributed by atoms with Crippen LogP contribution in [0.15, 0.2) is 59.9 Å². The zero-order valence-electron chi connectivity index (χ0n) is 17.3. The Balaban J connectivity index is 1.59. The summed E-state index contributed by atoms with van der Waals surface area (Å²) >= 11 is 0. The number of fused-ring (bicyclic) bond motifs is 2. The van der Waals surface area contributed by atoms with E-state index in [4.69, 9.17) is 11.5 Å². The van der Waals surface area contributed by atoms with E-state index in [0.29, 0.717) is 51.6 Å². The number of nitrogens with one attached hydrogen (secondary N) is 1. The van der Waals surface area contributed by atoms with Gasteiger partial charge < -0.3 is 9.88 Å². The molecule has 0 amide bonds. The average molecular weight is 432 g/mol. The van der Waals surface area contributed by atoms with E-state index in [1.54, 1.807) is 27.5 Å². The van der Waals surface area contributed by atoms with Crippen molar-refractivity contribution in [2.24, 2.45) is 0 Å². The Kier molecular flexibility index (Phi) is 4.04. The lowest BCUT2D eigenvalue weighted by atomic mass is 10.0. The smallest absolute Gasteiger partial charge is 0.283 e. The maximum atomic E-state index is 13.7. The summed E-state index contributed by atoms with van der Waals surface area (Å²) in [5, 5.41) is 15.0. The highest BCUT2D eigenvalue weighted by Gasteiger charge is 2.37. The van der Waals surface area contributed by atoms with Crippen LogP contribution in [0.25, 0.3) is 22.2 Å². The van der Waals surface area contributed by atoms with E-state index in [1.807, 2.05) is 30.3 Å². The highest BCUT2D eigenvalue weighted by Crippen LogP contribution is 2.39. The molecule has 0 saturated carbocycles. The Hall–Kier alpha value is -4.89. The van der Waals surface area contributed by atoms with Crippen LogP contribution in [0, 0.1) is 23.7 Å². The number of terminal acetylenes is 1. The van der Waals surface area contributed by atoms with Gasteiger partial charge in [0.2, 0.25) is 0 Å². The van der Waals surface area contributed by atoms with Crippen molar-refractivity contribution in [2.75, 3.05) is 11.4 Å². The Labute approximate surface area is 187 Å². The van der Waals surface area contributed by atoms with Crippen LogP contribution < -0.4 is 10.5 Å². The van der Waals surface area contributed by atoms with Crippen LogP contribution in [0.3, 0.4) is 0 Å². The van der Waals surface area contributed by atoms with Gasteiger partial charge in [0, 0.05) is 18.9 Å². The third-order valence-corrected chi connectivity index (χ3v) is 6.04. The molecule has 0 aliphatic carbocycles. The zero-order valence-corrected chi connectivity index (χ0v) is 17.3. The van der Waals surface area contributed by atoms with Gasteiger partial charge in [-0.25, -0.2) is 14.5 Å². The molecule has 0 radical (unpaired) electrons. The Morgan fingerprint density at radius 2 is 2.00 bits per heavy atom. The van der Waals surface area contributed by atoms with Crippen molar-refractivity contribution in [3.8, 4) is 24.1 Å². The molecule has 0 spiro atoms. The third-order valence-electron chi connectivity index (χ3n) is 6.04. The van der Waals surface area contributed by atoms with E-state index in [2.05, 4.69) is 31.8 Å². The van der Waals surface area contributed by atoms with Crippen LogP contribution in [0.4, 0.5) is 5.82 Å². The molecule has 1 aliphatic heterocycles. The second kappa shape index (κ2) is 7.08. The predicted octanol–water partition coefficient (Wildman–Crippen LogP) is 2.56. The van der Waals surface area contributed by atoms with Crippen molar-refractivity contribution in [3.63, 3.8) is 0 Å². The van der Waals surface area contributed by atoms with E-state index in [9.17, 15) is 10.1 Å². The molecule has 5 heterocycles. The van der Waals surface area contributed by atoms with Gasteiger partial charge in [-0.05, 0) is 24.6 Å². The number of nitriles is 1. The maximum absolute atomic E-state index is 13.7. The fraction of sp³-hybridized carbons (Fsp3) is 0.125. The fourth-order valence-electron chi connectivity index (χ4n) is 4.40. The first-order chi connectivity index (χ1) is 16.2. The predicted molar refractivity (Wildman–Crippen MR) is 122 cm³/mol. The van der Waals surface area contributed by atoms with E-state index < -0.39 is 0 Å². The van der Waals surface area contributed by atoms with Crippen LogP contribution in [0.5, 0.6) is 0 Å². The summed E-state index contributed by atoms with van der Waals surface area (Å²) in [6.07, 6.45) is 11.2. The molecule has 0 bridgehead atoms. The summed E-state index contributed by atoms with van der Waals surface area (Å²) in [6.45, 7) is 0.705. The number of aromatic amines is 1. The number of aromatic nitrogens is 6. The highest BCUT2D eigenvalue weighted by molar-refractivity contribution is 5.93. The second-order valence-electron chi connectivity index (χ2n) is 7.73. The summed E-state index contributed by atoms with van der Waals surface area (Å²) in [5.74, 6) is 3.79. The Morgan fingerprint density at radius 1 is 1.15 bits per heavy atom. The van der Waals surface area contributed by atoms with Crippen molar-refractivity contribution in [1.29, 1.82) is 5.26 Å². The van der Waals surface area contributed by atoms with Gasteiger partial charge >= 0.3 is 0 Å². The molecule has 1 N–H and O–H groups in total. The van der Waals surface area contributed by atoms with Crippen molar-refractivity contribution >= 4 is 22.4 Å². The van der Waals surface area contributed by atoms with Gasteiger partial charge in [-0.3, -0.25) is 9.36 Å². The maximum Gasteiger partial charge on any atom is 0.283 e. The molecule has 1 aromatic carbocycles. The summed E-state index contributed by atoms with van der Waals surface area (Å²) in [4.78, 5) is 27.5. The van der Waals surface area contributed by atoms with E-state index >= 15 is 0 Å². The molecule has 1 saturated heterocycles. The van der Waals surface area contributed by atoms with Gasteiger partial charge in [-0.1, -0.05) is 24.1 Å². The Morgan fingerprint density at radius 3 is 2.73 bits per heavy atom. The van der Waals surface area contributed by atoms with Crippen LogP contribution in [-0.4, -0.2) is 35.7 Å². The minimum atomic E-state index is -0.233. The SMILES string of the molecule is C#Cc1ccn2nc(C3CCN3c3ncnc4[nH]cc(C#N)c34)n(-c3ccccc3)c(=O)c12. The first kappa shape index (κ1) is 18.8. The van der Waals surface area contributed by atoms with Crippen LogP contribution in [0.1, 0.15) is 29.4 Å². The summed E-state index contributed by atoms with van der Waals surface area (Å²) < 4.78 is 3.17. The number of H-pyrrole nitrogens is 1. The van der Waals surface area contributed by atoms with Gasteiger partial charge in [0.05, 0.1) is 28.2 Å². The fourth-order valence-corrected chi connectivity index (χ4v) is 4.40. The molecule has 33 heavy (non-hydrogen) atoms. The summed E-state index contributed by atoms with van der Waals surface area (Å²) in [7, 11) is 0. The lowest BCUT2D eigenvalue weighted by Gasteiger charge is -2.42. The van der Waals surface area contributed by atoms with Crippen LogP contribution >= 0.6 is 0 Å².